The summed E-state index contributed by atoms with van der Waals surface area (Å²) in [7, 11) is 0. The topological polar surface area (TPSA) is 46.4 Å². The summed E-state index contributed by atoms with van der Waals surface area (Å²) in [6.45, 7) is 3.76. The van der Waals surface area contributed by atoms with Crippen molar-refractivity contribution in [1.29, 1.82) is 0 Å². The minimum atomic E-state index is -0.290. The van der Waals surface area contributed by atoms with Crippen LogP contribution >= 0.6 is 11.3 Å². The van der Waals surface area contributed by atoms with Crippen LogP contribution < -0.4 is 5.43 Å². The van der Waals surface area contributed by atoms with E-state index in [1.165, 1.54) is 12.1 Å². The van der Waals surface area contributed by atoms with Gasteiger partial charge in [-0.3, -0.25) is 4.79 Å². The third kappa shape index (κ3) is 3.28. The molecule has 0 unspecified atom stereocenters. The van der Waals surface area contributed by atoms with Crippen LogP contribution in [0.15, 0.2) is 52.9 Å². The highest BCUT2D eigenvalue weighted by Crippen LogP contribution is 2.21. The molecular formula is C18H16FN3OS. The molecule has 0 bridgehead atoms. The maximum Gasteiger partial charge on any atom is 0.273 e. The normalized spacial score (nSPS) is 11.1. The number of rotatable bonds is 4. The molecule has 4 nitrogen and oxygen atoms in total. The smallest absolute Gasteiger partial charge is 0.273 e. The van der Waals surface area contributed by atoms with Crippen LogP contribution in [0.5, 0.6) is 0 Å². The monoisotopic (exact) mass is 341 g/mol. The predicted molar refractivity (Wildman–Crippen MR) is 94.6 cm³/mol. The number of benzene rings is 1. The van der Waals surface area contributed by atoms with E-state index in [4.69, 9.17) is 0 Å². The SMILES string of the molecule is Cc1cc(C(=O)N/N=C/c2cccs2)c(C)n1-c1ccc(F)cc1. The van der Waals surface area contributed by atoms with E-state index in [-0.39, 0.29) is 11.7 Å². The summed E-state index contributed by atoms with van der Waals surface area (Å²) < 4.78 is 15.0. The summed E-state index contributed by atoms with van der Waals surface area (Å²) >= 11 is 1.54. The molecule has 3 rings (SSSR count). The van der Waals surface area contributed by atoms with E-state index in [1.54, 1.807) is 35.8 Å². The number of carbonyl (C=O) groups excluding carboxylic acids is 1. The van der Waals surface area contributed by atoms with Gasteiger partial charge in [-0.25, -0.2) is 9.82 Å². The lowest BCUT2D eigenvalue weighted by atomic mass is 10.2. The van der Waals surface area contributed by atoms with Crippen molar-refractivity contribution in [2.24, 2.45) is 5.10 Å². The molecular weight excluding hydrogens is 325 g/mol. The molecule has 0 aliphatic carbocycles. The lowest BCUT2D eigenvalue weighted by Gasteiger charge is -2.09. The number of hydrogen-bond donors (Lipinski definition) is 1. The van der Waals surface area contributed by atoms with Gasteiger partial charge in [-0.05, 0) is 55.6 Å². The first-order chi connectivity index (χ1) is 11.6. The number of aryl methyl sites for hydroxylation is 1. The van der Waals surface area contributed by atoms with Crippen molar-refractivity contribution >= 4 is 23.5 Å². The fraction of sp³-hybridized carbons (Fsp3) is 0.111. The highest BCUT2D eigenvalue weighted by Gasteiger charge is 2.16. The fourth-order valence-electron chi connectivity index (χ4n) is 2.56. The van der Waals surface area contributed by atoms with Gasteiger partial charge >= 0.3 is 0 Å². The Kier molecular flexibility index (Phi) is 4.57. The van der Waals surface area contributed by atoms with Gasteiger partial charge in [0.05, 0.1) is 11.8 Å². The quantitative estimate of drug-likeness (QED) is 0.564. The standard InChI is InChI=1S/C18H16FN3OS/c1-12-10-17(18(23)21-20-11-16-4-3-9-24-16)13(2)22(12)15-7-5-14(19)6-8-15/h3-11H,1-2H3,(H,21,23)/b20-11+. The summed E-state index contributed by atoms with van der Waals surface area (Å²) in [6.07, 6.45) is 1.61. The van der Waals surface area contributed by atoms with Gasteiger partial charge in [-0.15, -0.1) is 11.3 Å². The van der Waals surface area contributed by atoms with Crippen LogP contribution in [0.25, 0.3) is 5.69 Å². The molecule has 1 amide bonds. The molecule has 3 aromatic rings. The molecule has 122 valence electrons. The number of nitrogens with one attached hydrogen (secondary N) is 1. The molecule has 0 saturated carbocycles. The molecule has 0 aliphatic rings. The van der Waals surface area contributed by atoms with E-state index in [2.05, 4.69) is 10.5 Å². The number of aromatic nitrogens is 1. The van der Waals surface area contributed by atoms with E-state index in [9.17, 15) is 9.18 Å². The lowest BCUT2D eigenvalue weighted by Crippen LogP contribution is -2.18. The first kappa shape index (κ1) is 16.1. The Bertz CT molecular complexity index is 880. The molecule has 1 N–H and O–H groups in total. The number of hydrazone groups is 1. The maximum atomic E-state index is 13.1. The average Bonchev–Trinajstić information content (AvgIpc) is 3.17. The third-order valence-electron chi connectivity index (χ3n) is 3.66. The Morgan fingerprint density at radius 1 is 1.25 bits per heavy atom. The van der Waals surface area contributed by atoms with Crippen molar-refractivity contribution in [1.82, 2.24) is 9.99 Å². The highest BCUT2D eigenvalue weighted by molar-refractivity contribution is 7.11. The average molecular weight is 341 g/mol. The molecule has 6 heteroatoms. The van der Waals surface area contributed by atoms with Gasteiger partial charge in [0, 0.05) is 22.0 Å². The summed E-state index contributed by atoms with van der Waals surface area (Å²) in [6, 6.07) is 11.8. The molecule has 0 fully saturated rings. The van der Waals surface area contributed by atoms with Gasteiger partial charge in [0.1, 0.15) is 5.82 Å². The maximum absolute atomic E-state index is 13.1. The van der Waals surface area contributed by atoms with E-state index in [0.29, 0.717) is 5.56 Å². The summed E-state index contributed by atoms with van der Waals surface area (Å²) in [4.78, 5) is 13.3. The summed E-state index contributed by atoms with van der Waals surface area (Å²) in [5.41, 5.74) is 5.57. The van der Waals surface area contributed by atoms with Crippen molar-refractivity contribution in [2.45, 2.75) is 13.8 Å². The second kappa shape index (κ2) is 6.80. The van der Waals surface area contributed by atoms with Crippen molar-refractivity contribution in [2.75, 3.05) is 0 Å². The minimum Gasteiger partial charge on any atom is -0.318 e. The molecule has 0 saturated heterocycles. The molecule has 0 radical (unpaired) electrons. The van der Waals surface area contributed by atoms with Crippen molar-refractivity contribution in [3.8, 4) is 5.69 Å². The Morgan fingerprint density at radius 3 is 2.67 bits per heavy atom. The zero-order chi connectivity index (χ0) is 17.1. The van der Waals surface area contributed by atoms with Gasteiger partial charge in [-0.2, -0.15) is 5.10 Å². The van der Waals surface area contributed by atoms with E-state index in [0.717, 1.165) is 22.0 Å². The second-order valence-corrected chi connectivity index (χ2v) is 6.29. The van der Waals surface area contributed by atoms with Crippen LogP contribution in [0.1, 0.15) is 26.6 Å². The molecule has 24 heavy (non-hydrogen) atoms. The van der Waals surface area contributed by atoms with E-state index >= 15 is 0 Å². The zero-order valence-corrected chi connectivity index (χ0v) is 14.1. The van der Waals surface area contributed by atoms with Gasteiger partial charge in [0.25, 0.3) is 5.91 Å². The molecule has 0 aliphatic heterocycles. The first-order valence-corrected chi connectivity index (χ1v) is 8.26. The van der Waals surface area contributed by atoms with E-state index in [1.807, 2.05) is 35.9 Å². The molecule has 0 spiro atoms. The number of nitrogens with zero attached hydrogens (tertiary/aromatic N) is 2. The van der Waals surface area contributed by atoms with Gasteiger partial charge in [-0.1, -0.05) is 6.07 Å². The minimum absolute atomic E-state index is 0.274. The lowest BCUT2D eigenvalue weighted by molar-refractivity contribution is 0.0954. The van der Waals surface area contributed by atoms with Crippen LogP contribution in [0.3, 0.4) is 0 Å². The molecule has 2 heterocycles. The van der Waals surface area contributed by atoms with Crippen molar-refractivity contribution in [3.63, 3.8) is 0 Å². The predicted octanol–water partition coefficient (Wildman–Crippen LogP) is 4.06. The van der Waals surface area contributed by atoms with Crippen molar-refractivity contribution in [3.05, 3.63) is 75.5 Å². The van der Waals surface area contributed by atoms with Crippen LogP contribution in [-0.2, 0) is 0 Å². The number of hydrogen-bond acceptors (Lipinski definition) is 3. The van der Waals surface area contributed by atoms with Crippen LogP contribution in [0.2, 0.25) is 0 Å². The second-order valence-electron chi connectivity index (χ2n) is 5.31. The fourth-order valence-corrected chi connectivity index (χ4v) is 3.14. The van der Waals surface area contributed by atoms with Gasteiger partial charge in [0.2, 0.25) is 0 Å². The van der Waals surface area contributed by atoms with Crippen molar-refractivity contribution < 1.29 is 9.18 Å². The summed E-state index contributed by atoms with van der Waals surface area (Å²) in [5, 5.41) is 5.93. The van der Waals surface area contributed by atoms with Gasteiger partial charge in [0.15, 0.2) is 0 Å². The third-order valence-corrected chi connectivity index (χ3v) is 4.47. The Labute approximate surface area is 143 Å². The summed E-state index contributed by atoms with van der Waals surface area (Å²) in [5.74, 6) is -0.564. The van der Waals surface area contributed by atoms with Crippen LogP contribution in [-0.4, -0.2) is 16.7 Å². The number of thiophene rings is 1. The highest BCUT2D eigenvalue weighted by atomic mass is 32.1. The number of halogens is 1. The number of amides is 1. The Morgan fingerprint density at radius 2 is 2.00 bits per heavy atom. The van der Waals surface area contributed by atoms with Crippen LogP contribution in [0.4, 0.5) is 4.39 Å². The molecule has 0 atom stereocenters. The first-order valence-electron chi connectivity index (χ1n) is 7.38. The molecule has 2 aromatic heterocycles. The Hall–Kier alpha value is -2.73. The van der Waals surface area contributed by atoms with E-state index < -0.39 is 0 Å². The van der Waals surface area contributed by atoms with Crippen LogP contribution in [0, 0.1) is 19.7 Å². The van der Waals surface area contributed by atoms with Gasteiger partial charge < -0.3 is 4.57 Å². The Balaban J connectivity index is 1.83. The largest absolute Gasteiger partial charge is 0.318 e. The molecule has 1 aromatic carbocycles. The zero-order valence-electron chi connectivity index (χ0n) is 13.3. The number of carbonyl (C=O) groups is 1.